The molecule has 3 aromatic rings. The molecule has 6 nitrogen and oxygen atoms in total. The summed E-state index contributed by atoms with van der Waals surface area (Å²) in [5, 5.41) is 0.942. The summed E-state index contributed by atoms with van der Waals surface area (Å²) in [7, 11) is -2.09. The van der Waals surface area contributed by atoms with Crippen molar-refractivity contribution in [3.63, 3.8) is 0 Å². The first-order valence-corrected chi connectivity index (χ1v) is 11.1. The van der Waals surface area contributed by atoms with Crippen LogP contribution in [0.25, 0.3) is 11.0 Å². The lowest BCUT2D eigenvalue weighted by atomic mass is 10.1. The van der Waals surface area contributed by atoms with Gasteiger partial charge in [-0.3, -0.25) is 4.79 Å². The smallest absolute Gasteiger partial charge is 0.243 e. The van der Waals surface area contributed by atoms with Crippen LogP contribution in [0.1, 0.15) is 30.7 Å². The van der Waals surface area contributed by atoms with Crippen LogP contribution in [0.15, 0.2) is 51.8 Å². The van der Waals surface area contributed by atoms with E-state index in [4.69, 9.17) is 4.42 Å². The van der Waals surface area contributed by atoms with Crippen molar-refractivity contribution in [2.75, 3.05) is 18.5 Å². The monoisotopic (exact) mass is 412 g/mol. The highest BCUT2D eigenvalue weighted by atomic mass is 32.2. The van der Waals surface area contributed by atoms with E-state index in [2.05, 4.69) is 0 Å². The number of fused-ring (bicyclic) bond motifs is 2. The van der Waals surface area contributed by atoms with Crippen molar-refractivity contribution in [3.8, 4) is 0 Å². The molecule has 0 atom stereocenters. The fraction of sp³-hybridized carbons (Fsp3) is 0.318. The first-order valence-electron chi connectivity index (χ1n) is 9.69. The Morgan fingerprint density at radius 2 is 1.97 bits per heavy atom. The van der Waals surface area contributed by atoms with E-state index in [1.807, 2.05) is 31.2 Å². The molecule has 0 aliphatic carbocycles. The molecule has 0 N–H and O–H groups in total. The number of anilines is 1. The largest absolute Gasteiger partial charge is 0.461 e. The number of hydrogen-bond acceptors (Lipinski definition) is 4. The average molecular weight is 413 g/mol. The van der Waals surface area contributed by atoms with E-state index in [1.54, 1.807) is 30.1 Å². The molecular weight excluding hydrogens is 388 g/mol. The summed E-state index contributed by atoms with van der Waals surface area (Å²) >= 11 is 0. The van der Waals surface area contributed by atoms with Crippen molar-refractivity contribution in [2.24, 2.45) is 0 Å². The Morgan fingerprint density at radius 1 is 1.21 bits per heavy atom. The summed E-state index contributed by atoms with van der Waals surface area (Å²) in [4.78, 5) is 13.7. The third-order valence-corrected chi connectivity index (χ3v) is 7.32. The normalized spacial score (nSPS) is 14.0. The van der Waals surface area contributed by atoms with E-state index in [9.17, 15) is 13.2 Å². The van der Waals surface area contributed by atoms with Gasteiger partial charge in [0.2, 0.25) is 15.9 Å². The molecular formula is C22H24N2O4S. The molecule has 0 saturated carbocycles. The minimum atomic E-state index is -3.68. The Balaban J connectivity index is 1.66. The summed E-state index contributed by atoms with van der Waals surface area (Å²) in [5.41, 5.74) is 3.36. The highest BCUT2D eigenvalue weighted by Crippen LogP contribution is 2.32. The molecule has 0 bridgehead atoms. The third-order valence-electron chi connectivity index (χ3n) is 5.52. The van der Waals surface area contributed by atoms with Crippen LogP contribution in [0, 0.1) is 0 Å². The van der Waals surface area contributed by atoms with Crippen LogP contribution in [0.2, 0.25) is 0 Å². The lowest BCUT2D eigenvalue weighted by molar-refractivity contribution is -0.116. The van der Waals surface area contributed by atoms with E-state index >= 15 is 0 Å². The molecule has 2 aromatic carbocycles. The number of carbonyl (C=O) groups is 1. The van der Waals surface area contributed by atoms with Crippen LogP contribution < -0.4 is 4.90 Å². The van der Waals surface area contributed by atoms with Crippen molar-refractivity contribution in [2.45, 2.75) is 38.1 Å². The van der Waals surface area contributed by atoms with Crippen LogP contribution in [-0.4, -0.2) is 32.2 Å². The molecule has 2 heterocycles. The lowest BCUT2D eigenvalue weighted by Gasteiger charge is -2.19. The molecule has 7 heteroatoms. The molecule has 0 radical (unpaired) electrons. The highest BCUT2D eigenvalue weighted by molar-refractivity contribution is 7.89. The summed E-state index contributed by atoms with van der Waals surface area (Å²) in [5.74, 6) is 0.773. The van der Waals surface area contributed by atoms with Crippen molar-refractivity contribution in [3.05, 3.63) is 59.4 Å². The summed E-state index contributed by atoms with van der Waals surface area (Å²) in [6.45, 7) is 4.34. The first-order chi connectivity index (χ1) is 13.8. The molecule has 4 rings (SSSR count). The number of nitrogens with zero attached hydrogens (tertiary/aromatic N) is 2. The summed E-state index contributed by atoms with van der Waals surface area (Å²) in [6, 6.07) is 12.7. The number of rotatable bonds is 5. The van der Waals surface area contributed by atoms with E-state index in [1.165, 1.54) is 11.2 Å². The van der Waals surface area contributed by atoms with Gasteiger partial charge in [-0.2, -0.15) is 4.31 Å². The van der Waals surface area contributed by atoms with Gasteiger partial charge in [0.05, 0.1) is 4.90 Å². The molecule has 0 unspecified atom stereocenters. The van der Waals surface area contributed by atoms with Crippen molar-refractivity contribution < 1.29 is 17.6 Å². The summed E-state index contributed by atoms with van der Waals surface area (Å²) in [6.07, 6.45) is 1.35. The van der Waals surface area contributed by atoms with Crippen LogP contribution in [0.4, 0.5) is 5.69 Å². The zero-order valence-corrected chi connectivity index (χ0v) is 17.6. The fourth-order valence-corrected chi connectivity index (χ4v) is 5.15. The second-order valence-electron chi connectivity index (χ2n) is 7.33. The Morgan fingerprint density at radius 3 is 2.69 bits per heavy atom. The zero-order chi connectivity index (χ0) is 20.8. The van der Waals surface area contributed by atoms with Crippen molar-refractivity contribution in [1.82, 2.24) is 4.31 Å². The molecule has 1 amide bonds. The van der Waals surface area contributed by atoms with Gasteiger partial charge in [0.15, 0.2) is 0 Å². The minimum Gasteiger partial charge on any atom is -0.461 e. The topological polar surface area (TPSA) is 70.8 Å². The fourth-order valence-electron chi connectivity index (χ4n) is 3.96. The Hall–Kier alpha value is -2.64. The Bertz CT molecular complexity index is 1200. The highest BCUT2D eigenvalue weighted by Gasteiger charge is 2.28. The zero-order valence-electron chi connectivity index (χ0n) is 16.8. The van der Waals surface area contributed by atoms with Gasteiger partial charge in [-0.1, -0.05) is 25.1 Å². The number of benzene rings is 2. The van der Waals surface area contributed by atoms with Crippen LogP contribution in [0.5, 0.6) is 0 Å². The predicted molar refractivity (Wildman–Crippen MR) is 112 cm³/mol. The number of hydrogen-bond donors (Lipinski definition) is 0. The summed E-state index contributed by atoms with van der Waals surface area (Å²) < 4.78 is 33.7. The maximum absolute atomic E-state index is 13.2. The van der Waals surface area contributed by atoms with Gasteiger partial charge in [0.25, 0.3) is 0 Å². The number of amides is 1. The van der Waals surface area contributed by atoms with Crippen LogP contribution >= 0.6 is 0 Å². The second kappa shape index (κ2) is 7.31. The third kappa shape index (κ3) is 3.34. The number of para-hydroxylation sites is 1. The molecule has 1 aromatic heterocycles. The van der Waals surface area contributed by atoms with E-state index in [-0.39, 0.29) is 17.3 Å². The quantitative estimate of drug-likeness (QED) is 0.640. The van der Waals surface area contributed by atoms with Gasteiger partial charge in [0.1, 0.15) is 11.3 Å². The minimum absolute atomic E-state index is 0.0320. The number of furan rings is 1. The Kier molecular flexibility index (Phi) is 4.96. The van der Waals surface area contributed by atoms with Crippen molar-refractivity contribution >= 4 is 32.6 Å². The van der Waals surface area contributed by atoms with Crippen molar-refractivity contribution in [1.29, 1.82) is 0 Å². The predicted octanol–water partition coefficient (Wildman–Crippen LogP) is 3.72. The number of carbonyl (C=O) groups excluding carboxylic acids is 1. The molecule has 29 heavy (non-hydrogen) atoms. The van der Waals surface area contributed by atoms with Gasteiger partial charge >= 0.3 is 0 Å². The molecule has 0 fully saturated rings. The SMILES string of the molecule is CCc1oc2ccccc2c1CN(C)S(=O)(=O)c1ccc2c(c1)CCN2C(C)=O. The van der Waals surface area contributed by atoms with Gasteiger partial charge in [0, 0.05) is 50.1 Å². The molecule has 1 aliphatic heterocycles. The van der Waals surface area contributed by atoms with E-state index in [0.717, 1.165) is 33.5 Å². The lowest BCUT2D eigenvalue weighted by Crippen LogP contribution is -2.27. The Labute approximate surface area is 170 Å². The average Bonchev–Trinajstić information content (AvgIpc) is 3.29. The molecule has 0 spiro atoms. The maximum Gasteiger partial charge on any atom is 0.243 e. The number of aryl methyl sites for hydroxylation is 1. The van der Waals surface area contributed by atoms with E-state index in [0.29, 0.717) is 19.4 Å². The maximum atomic E-state index is 13.2. The van der Waals surface area contributed by atoms with Crippen LogP contribution in [-0.2, 0) is 34.2 Å². The first kappa shape index (κ1) is 19.7. The van der Waals surface area contributed by atoms with Crippen LogP contribution in [0.3, 0.4) is 0 Å². The molecule has 1 aliphatic rings. The molecule has 152 valence electrons. The van der Waals surface area contributed by atoms with Gasteiger partial charge < -0.3 is 9.32 Å². The van der Waals surface area contributed by atoms with Gasteiger partial charge in [-0.05, 0) is 36.2 Å². The van der Waals surface area contributed by atoms with Gasteiger partial charge in [-0.25, -0.2) is 8.42 Å². The standard InChI is InChI=1S/C22H24N2O4S/c1-4-21-19(18-7-5-6-8-22(18)28-21)14-23(3)29(26,27)17-9-10-20-16(13-17)11-12-24(20)15(2)25/h5-10,13H,4,11-12,14H2,1-3H3. The molecule has 0 saturated heterocycles. The van der Waals surface area contributed by atoms with Gasteiger partial charge in [-0.15, -0.1) is 0 Å². The number of sulfonamides is 1. The second-order valence-corrected chi connectivity index (χ2v) is 9.37. The van der Waals surface area contributed by atoms with E-state index < -0.39 is 10.0 Å².